The minimum absolute atomic E-state index is 0.101. The van der Waals surface area contributed by atoms with Gasteiger partial charge >= 0.3 is 0 Å². The Morgan fingerprint density at radius 3 is 3.00 bits per heavy atom. The Bertz CT molecular complexity index is 876. The zero-order chi connectivity index (χ0) is 16.4. The molecule has 0 fully saturated rings. The van der Waals surface area contributed by atoms with Crippen LogP contribution in [-0.4, -0.2) is 28.1 Å². The van der Waals surface area contributed by atoms with Crippen molar-refractivity contribution in [1.29, 1.82) is 5.41 Å². The number of amidine groups is 1. The lowest BCUT2D eigenvalue weighted by molar-refractivity contribution is 0.586. The predicted octanol–water partition coefficient (Wildman–Crippen LogP) is 2.48. The van der Waals surface area contributed by atoms with E-state index in [1.807, 2.05) is 25.3 Å². The smallest absolute Gasteiger partial charge is 0.139 e. The molecule has 0 amide bonds. The van der Waals surface area contributed by atoms with Crippen LogP contribution < -0.4 is 5.73 Å². The van der Waals surface area contributed by atoms with Gasteiger partial charge in [-0.1, -0.05) is 31.8 Å². The van der Waals surface area contributed by atoms with Crippen molar-refractivity contribution in [2.45, 2.75) is 13.8 Å². The summed E-state index contributed by atoms with van der Waals surface area (Å²) in [6.45, 7) is 4.44. The second-order valence-corrected chi connectivity index (χ2v) is 5.68. The second kappa shape index (κ2) is 6.19. The van der Waals surface area contributed by atoms with Crippen LogP contribution in [0.5, 0.6) is 0 Å². The maximum Gasteiger partial charge on any atom is 0.139 e. The molecule has 0 aromatic carbocycles. The third-order valence-corrected chi connectivity index (χ3v) is 4.19. The molecule has 1 aliphatic rings. The normalized spacial score (nSPS) is 20.8. The molecular formula is C18H19N5. The fourth-order valence-corrected chi connectivity index (χ4v) is 2.59. The topological polar surface area (TPSA) is 90.9 Å². The Morgan fingerprint density at radius 1 is 1.39 bits per heavy atom. The van der Waals surface area contributed by atoms with Gasteiger partial charge in [0.2, 0.25) is 0 Å². The zero-order valence-corrected chi connectivity index (χ0v) is 13.2. The van der Waals surface area contributed by atoms with Gasteiger partial charge in [-0.05, 0) is 18.1 Å². The predicted molar refractivity (Wildman–Crippen MR) is 93.8 cm³/mol. The summed E-state index contributed by atoms with van der Waals surface area (Å²) in [5.41, 5.74) is 8.79. The first kappa shape index (κ1) is 15.2. The molecule has 116 valence electrons. The largest absolute Gasteiger partial charge is 0.345 e. The van der Waals surface area contributed by atoms with Crippen molar-refractivity contribution in [3.63, 3.8) is 0 Å². The molecule has 5 nitrogen and oxygen atoms in total. The molecule has 0 aliphatic carbocycles. The first-order valence-corrected chi connectivity index (χ1v) is 7.62. The molecule has 3 heterocycles. The number of nitrogens with two attached hydrogens (primary N) is 1. The van der Waals surface area contributed by atoms with Crippen LogP contribution in [0.1, 0.15) is 25.0 Å². The number of allylic oxidation sites excluding steroid dienone is 2. The van der Waals surface area contributed by atoms with E-state index in [0.29, 0.717) is 12.4 Å². The number of nitrogens with zero attached hydrogens (tertiary/aromatic N) is 2. The summed E-state index contributed by atoms with van der Waals surface area (Å²) in [6, 6.07) is 1.87. The van der Waals surface area contributed by atoms with E-state index >= 15 is 0 Å². The molecule has 2 aromatic heterocycles. The van der Waals surface area contributed by atoms with Crippen molar-refractivity contribution in [2.75, 3.05) is 6.54 Å². The number of hydrogen-bond donors (Lipinski definition) is 3. The zero-order valence-electron chi connectivity index (χ0n) is 13.2. The molecule has 0 saturated carbocycles. The van der Waals surface area contributed by atoms with E-state index in [-0.39, 0.29) is 11.8 Å². The van der Waals surface area contributed by atoms with Crippen LogP contribution in [-0.2, 0) is 0 Å². The van der Waals surface area contributed by atoms with Crippen molar-refractivity contribution in [2.24, 2.45) is 22.6 Å². The maximum absolute atomic E-state index is 8.17. The Morgan fingerprint density at radius 2 is 2.22 bits per heavy atom. The van der Waals surface area contributed by atoms with E-state index in [9.17, 15) is 0 Å². The van der Waals surface area contributed by atoms with Gasteiger partial charge in [0.1, 0.15) is 11.5 Å². The SMILES string of the molecule is CC1C=CC(c2c[nH]c3nccc(C#CCN)c23)=NC(=N)C1C. The number of aromatic nitrogens is 2. The molecule has 4 N–H and O–H groups in total. The number of aromatic amines is 1. The molecule has 1 aliphatic heterocycles. The molecule has 2 unspecified atom stereocenters. The van der Waals surface area contributed by atoms with E-state index < -0.39 is 0 Å². The summed E-state index contributed by atoms with van der Waals surface area (Å²) < 4.78 is 0. The van der Waals surface area contributed by atoms with Crippen LogP contribution in [0.15, 0.2) is 35.6 Å². The molecule has 0 spiro atoms. The van der Waals surface area contributed by atoms with Gasteiger partial charge in [0, 0.05) is 34.8 Å². The number of pyridine rings is 1. The number of nitrogens with one attached hydrogen (secondary N) is 2. The summed E-state index contributed by atoms with van der Waals surface area (Å²) in [6.07, 6.45) is 7.69. The Hall–Kier alpha value is -2.71. The van der Waals surface area contributed by atoms with E-state index in [1.165, 1.54) is 0 Å². The van der Waals surface area contributed by atoms with Gasteiger partial charge in [-0.3, -0.25) is 5.41 Å². The molecule has 5 heteroatoms. The van der Waals surface area contributed by atoms with Crippen LogP contribution in [0.3, 0.4) is 0 Å². The fraction of sp³-hybridized carbons (Fsp3) is 0.278. The summed E-state index contributed by atoms with van der Waals surface area (Å²) >= 11 is 0. The first-order chi connectivity index (χ1) is 11.1. The Balaban J connectivity index is 2.19. The second-order valence-electron chi connectivity index (χ2n) is 5.68. The summed E-state index contributed by atoms with van der Waals surface area (Å²) in [5.74, 6) is 6.75. The molecular weight excluding hydrogens is 286 g/mol. The average molecular weight is 305 g/mol. The van der Waals surface area contributed by atoms with E-state index in [0.717, 1.165) is 27.9 Å². The van der Waals surface area contributed by atoms with Gasteiger partial charge in [0.05, 0.1) is 12.3 Å². The third-order valence-electron chi connectivity index (χ3n) is 4.19. The molecule has 23 heavy (non-hydrogen) atoms. The van der Waals surface area contributed by atoms with Crippen molar-refractivity contribution < 1.29 is 0 Å². The maximum atomic E-state index is 8.17. The number of hydrogen-bond acceptors (Lipinski definition) is 3. The van der Waals surface area contributed by atoms with Crippen molar-refractivity contribution >= 4 is 22.6 Å². The fourth-order valence-electron chi connectivity index (χ4n) is 2.59. The summed E-state index contributed by atoms with van der Waals surface area (Å²) in [4.78, 5) is 12.0. The van der Waals surface area contributed by atoms with E-state index in [4.69, 9.17) is 11.1 Å². The van der Waals surface area contributed by atoms with Crippen molar-refractivity contribution in [3.8, 4) is 11.8 Å². The third kappa shape index (κ3) is 2.81. The Kier molecular flexibility index (Phi) is 4.09. The van der Waals surface area contributed by atoms with Crippen LogP contribution in [0.4, 0.5) is 0 Å². The highest BCUT2D eigenvalue weighted by atomic mass is 14.9. The highest BCUT2D eigenvalue weighted by Crippen LogP contribution is 2.25. The quantitative estimate of drug-likeness (QED) is 0.706. The van der Waals surface area contributed by atoms with Gasteiger partial charge in [-0.15, -0.1) is 0 Å². The number of rotatable bonds is 1. The standard InChI is InChI=1S/C18H19N5/c1-11-5-6-15(23-17(20)12(11)2)14-10-22-18-16(14)13(4-3-8-19)7-9-21-18/h5-7,9-12,20H,8,19H2,1-2H3,(H,21,22). The highest BCUT2D eigenvalue weighted by Gasteiger charge is 2.20. The first-order valence-electron chi connectivity index (χ1n) is 7.62. The minimum Gasteiger partial charge on any atom is -0.345 e. The van der Waals surface area contributed by atoms with E-state index in [2.05, 4.69) is 39.8 Å². The lowest BCUT2D eigenvalue weighted by Gasteiger charge is -2.12. The van der Waals surface area contributed by atoms with E-state index in [1.54, 1.807) is 6.20 Å². The molecule has 0 saturated heterocycles. The summed E-state index contributed by atoms with van der Waals surface area (Å²) in [5, 5.41) is 9.10. The average Bonchev–Trinajstić information content (AvgIpc) is 2.95. The molecule has 0 bridgehead atoms. The number of H-pyrrole nitrogens is 1. The number of aliphatic imine (C=N–C) groups is 1. The minimum atomic E-state index is 0.101. The summed E-state index contributed by atoms with van der Waals surface area (Å²) in [7, 11) is 0. The van der Waals surface area contributed by atoms with Crippen LogP contribution >= 0.6 is 0 Å². The molecule has 3 rings (SSSR count). The van der Waals surface area contributed by atoms with Crippen molar-refractivity contribution in [3.05, 3.63) is 41.7 Å². The molecule has 2 atom stereocenters. The lowest BCUT2D eigenvalue weighted by atomic mass is 9.95. The Labute approximate surface area is 135 Å². The monoisotopic (exact) mass is 305 g/mol. The van der Waals surface area contributed by atoms with Gasteiger partial charge in [0.25, 0.3) is 0 Å². The van der Waals surface area contributed by atoms with Crippen LogP contribution in [0, 0.1) is 29.1 Å². The van der Waals surface area contributed by atoms with Crippen LogP contribution in [0.2, 0.25) is 0 Å². The van der Waals surface area contributed by atoms with Gasteiger partial charge in [-0.2, -0.15) is 0 Å². The lowest BCUT2D eigenvalue weighted by Crippen LogP contribution is -2.13. The number of fused-ring (bicyclic) bond motifs is 1. The van der Waals surface area contributed by atoms with Crippen LogP contribution in [0.25, 0.3) is 11.0 Å². The van der Waals surface area contributed by atoms with Gasteiger partial charge in [0.15, 0.2) is 0 Å². The van der Waals surface area contributed by atoms with Gasteiger partial charge in [-0.25, -0.2) is 9.98 Å². The molecule has 2 aromatic rings. The molecule has 0 radical (unpaired) electrons. The van der Waals surface area contributed by atoms with Gasteiger partial charge < -0.3 is 10.7 Å². The highest BCUT2D eigenvalue weighted by molar-refractivity contribution is 6.20. The van der Waals surface area contributed by atoms with Crippen molar-refractivity contribution in [1.82, 2.24) is 9.97 Å².